The zero-order valence-electron chi connectivity index (χ0n) is 8.90. The van der Waals surface area contributed by atoms with Crippen LogP contribution < -0.4 is 17.3 Å². The molecule has 4 nitrogen and oxygen atoms in total. The molecule has 0 spiro atoms. The van der Waals surface area contributed by atoms with E-state index in [4.69, 9.17) is 4.74 Å². The first-order chi connectivity index (χ1) is 7.45. The number of fused-ring (bicyclic) bond motifs is 1. The summed E-state index contributed by atoms with van der Waals surface area (Å²) in [5.41, 5.74) is 2.42. The van der Waals surface area contributed by atoms with Crippen molar-refractivity contribution in [3.05, 3.63) is 23.8 Å². The second-order valence-corrected chi connectivity index (χ2v) is 3.99. The molecule has 0 saturated carbocycles. The Morgan fingerprint density at radius 2 is 2.12 bits per heavy atom. The van der Waals surface area contributed by atoms with E-state index in [1.807, 2.05) is 25.0 Å². The number of nitrogens with zero attached hydrogens (tertiary/aromatic N) is 2. The van der Waals surface area contributed by atoms with Crippen LogP contribution in [0.5, 0.6) is 0 Å². The summed E-state index contributed by atoms with van der Waals surface area (Å²) >= 11 is 0. The maximum absolute atomic E-state index is 5.37. The third-order valence-corrected chi connectivity index (χ3v) is 3.08. The Morgan fingerprint density at radius 1 is 1.31 bits per heavy atom. The maximum Gasteiger partial charge on any atom is 0.198 e. The van der Waals surface area contributed by atoms with Crippen molar-refractivity contribution >= 4 is 12.6 Å². The fourth-order valence-corrected chi connectivity index (χ4v) is 2.24. The van der Waals surface area contributed by atoms with Crippen LogP contribution in [0, 0.1) is 5.92 Å². The molecule has 0 aromatic rings. The molecule has 0 aliphatic carbocycles. The van der Waals surface area contributed by atoms with E-state index >= 15 is 0 Å². The lowest BCUT2D eigenvalue weighted by Gasteiger charge is -2.21. The number of allylic oxidation sites excluding steroid dienone is 2. The van der Waals surface area contributed by atoms with Crippen LogP contribution in [0.25, 0.3) is 0 Å². The van der Waals surface area contributed by atoms with Crippen molar-refractivity contribution in [1.82, 2.24) is 0 Å². The molecule has 0 amide bonds. The highest BCUT2D eigenvalue weighted by atomic mass is 35.5. The van der Waals surface area contributed by atoms with Crippen LogP contribution in [0.3, 0.4) is 0 Å². The summed E-state index contributed by atoms with van der Waals surface area (Å²) in [4.78, 5) is 9.89. The maximum atomic E-state index is 5.37. The second-order valence-electron chi connectivity index (χ2n) is 3.99. The molecule has 0 aromatic heterocycles. The topological polar surface area (TPSA) is 38.4 Å². The minimum absolute atomic E-state index is 0. The lowest BCUT2D eigenvalue weighted by Crippen LogP contribution is -3.04. The van der Waals surface area contributed by atoms with Gasteiger partial charge in [-0.25, -0.2) is 9.89 Å². The van der Waals surface area contributed by atoms with Gasteiger partial charge in [0.25, 0.3) is 0 Å². The normalized spacial score (nSPS) is 28.1. The van der Waals surface area contributed by atoms with Crippen molar-refractivity contribution in [2.45, 2.75) is 12.8 Å². The number of quaternary nitrogens is 1. The van der Waals surface area contributed by atoms with Gasteiger partial charge in [0.15, 0.2) is 12.0 Å². The standard InChI is InChI=1S/C11H13N3O.ClH/c1-5-15-6-2-9(1)11-10-7-12-3-4-14(10)8-13-11;/h3-4,7-9H,1-2,5-6H2;1H. The Morgan fingerprint density at radius 3 is 2.94 bits per heavy atom. The summed E-state index contributed by atoms with van der Waals surface area (Å²) < 4.78 is 5.37. The highest BCUT2D eigenvalue weighted by molar-refractivity contribution is 5.81. The lowest BCUT2D eigenvalue weighted by atomic mass is 9.95. The molecule has 0 bridgehead atoms. The van der Waals surface area contributed by atoms with Crippen LogP contribution in [0.4, 0.5) is 0 Å². The quantitative estimate of drug-likeness (QED) is 0.524. The monoisotopic (exact) mass is 239 g/mol. The molecule has 1 saturated heterocycles. The minimum atomic E-state index is 0. The van der Waals surface area contributed by atoms with Gasteiger partial charge in [0.1, 0.15) is 11.9 Å². The summed E-state index contributed by atoms with van der Waals surface area (Å²) in [6.07, 6.45) is 9.87. The van der Waals surface area contributed by atoms with E-state index in [2.05, 4.69) is 9.98 Å². The molecule has 3 aliphatic rings. The summed E-state index contributed by atoms with van der Waals surface area (Å²) in [7, 11) is 0. The molecule has 3 aliphatic heterocycles. The molecular formula is C11H14ClN3O. The average molecular weight is 240 g/mol. The molecule has 1 atom stereocenters. The van der Waals surface area contributed by atoms with Gasteiger partial charge < -0.3 is 17.1 Å². The molecule has 0 aromatic carbocycles. The molecule has 3 rings (SSSR count). The van der Waals surface area contributed by atoms with Gasteiger partial charge in [-0.3, -0.25) is 4.99 Å². The van der Waals surface area contributed by atoms with Crippen LogP contribution in [0.1, 0.15) is 12.8 Å². The van der Waals surface area contributed by atoms with Crippen LogP contribution in [-0.4, -0.2) is 25.8 Å². The van der Waals surface area contributed by atoms with E-state index in [1.165, 1.54) is 16.3 Å². The highest BCUT2D eigenvalue weighted by Gasteiger charge is 2.30. The van der Waals surface area contributed by atoms with Crippen molar-refractivity contribution < 1.29 is 22.0 Å². The first kappa shape index (κ1) is 11.5. The van der Waals surface area contributed by atoms with Gasteiger partial charge >= 0.3 is 0 Å². The third kappa shape index (κ3) is 1.96. The van der Waals surface area contributed by atoms with Gasteiger partial charge in [0.05, 0.1) is 12.4 Å². The number of hydrogen-bond donors (Lipinski definition) is 1. The smallest absolute Gasteiger partial charge is 0.198 e. The van der Waals surface area contributed by atoms with E-state index in [-0.39, 0.29) is 12.4 Å². The Hall–Kier alpha value is -0.970. The van der Waals surface area contributed by atoms with E-state index in [1.54, 1.807) is 0 Å². The van der Waals surface area contributed by atoms with Crippen LogP contribution in [0.15, 0.2) is 33.8 Å². The van der Waals surface area contributed by atoms with E-state index in [0.717, 1.165) is 26.1 Å². The molecule has 86 valence electrons. The van der Waals surface area contributed by atoms with E-state index in [0.29, 0.717) is 5.92 Å². The average Bonchev–Trinajstić information content (AvgIpc) is 2.74. The van der Waals surface area contributed by atoms with Crippen molar-refractivity contribution in [2.24, 2.45) is 15.9 Å². The predicted octanol–water partition coefficient (Wildman–Crippen LogP) is -2.89. The summed E-state index contributed by atoms with van der Waals surface area (Å²) in [6, 6.07) is 0. The predicted molar refractivity (Wildman–Crippen MR) is 57.7 cm³/mol. The zero-order chi connectivity index (χ0) is 10.1. The van der Waals surface area contributed by atoms with Gasteiger partial charge in [0, 0.05) is 19.1 Å². The van der Waals surface area contributed by atoms with Crippen LogP contribution >= 0.6 is 0 Å². The van der Waals surface area contributed by atoms with Gasteiger partial charge in [0.2, 0.25) is 0 Å². The molecule has 0 radical (unpaired) electrons. The lowest BCUT2D eigenvalue weighted by molar-refractivity contribution is -0.682. The van der Waals surface area contributed by atoms with Gasteiger partial charge in [-0.2, -0.15) is 0 Å². The van der Waals surface area contributed by atoms with Crippen molar-refractivity contribution in [3.63, 3.8) is 0 Å². The van der Waals surface area contributed by atoms with E-state index in [9.17, 15) is 0 Å². The summed E-state index contributed by atoms with van der Waals surface area (Å²) in [6.45, 7) is 1.72. The largest absolute Gasteiger partial charge is 1.00 e. The van der Waals surface area contributed by atoms with E-state index < -0.39 is 0 Å². The number of halogens is 1. The Balaban J connectivity index is 0.000000963. The number of aliphatic imine (C=N–C) groups is 2. The number of ether oxygens (including phenoxy) is 1. The second kappa shape index (κ2) is 4.91. The highest BCUT2D eigenvalue weighted by Crippen LogP contribution is 2.26. The van der Waals surface area contributed by atoms with Crippen molar-refractivity contribution in [1.29, 1.82) is 0 Å². The Bertz CT molecular complexity index is 381. The summed E-state index contributed by atoms with van der Waals surface area (Å²) in [5.74, 6) is 0.556. The molecule has 5 heteroatoms. The third-order valence-electron chi connectivity index (χ3n) is 3.08. The number of hydrogen-bond acceptors (Lipinski definition) is 3. The number of nitrogens with one attached hydrogen (secondary N) is 1. The molecule has 16 heavy (non-hydrogen) atoms. The first-order valence-electron chi connectivity index (χ1n) is 5.38. The van der Waals surface area contributed by atoms with Crippen molar-refractivity contribution in [2.75, 3.05) is 13.2 Å². The zero-order valence-corrected chi connectivity index (χ0v) is 9.65. The van der Waals surface area contributed by atoms with Crippen LogP contribution in [0.2, 0.25) is 0 Å². The fraction of sp³-hybridized carbons (Fsp3) is 0.455. The van der Waals surface area contributed by atoms with Crippen molar-refractivity contribution in [3.8, 4) is 0 Å². The SMILES string of the molecule is C1=C[NH+]2C=NC(C3CCOCC3)=C2C=N1.[Cl-]. The fourth-order valence-electron chi connectivity index (χ4n) is 2.24. The summed E-state index contributed by atoms with van der Waals surface area (Å²) in [5, 5.41) is 0. The molecule has 1 fully saturated rings. The Kier molecular flexibility index (Phi) is 3.53. The van der Waals surface area contributed by atoms with Gasteiger partial charge in [-0.15, -0.1) is 0 Å². The molecular weight excluding hydrogens is 226 g/mol. The molecule has 3 heterocycles. The Labute approximate surface area is 101 Å². The van der Waals surface area contributed by atoms with Gasteiger partial charge in [-0.1, -0.05) is 0 Å². The van der Waals surface area contributed by atoms with Crippen LogP contribution in [-0.2, 0) is 4.74 Å². The molecule has 1 N–H and O–H groups in total. The van der Waals surface area contributed by atoms with Gasteiger partial charge in [-0.05, 0) is 12.8 Å². The molecule has 1 unspecified atom stereocenters. The first-order valence-corrected chi connectivity index (χ1v) is 5.38. The minimum Gasteiger partial charge on any atom is -1.00 e. The number of rotatable bonds is 1.